The van der Waals surface area contributed by atoms with Crippen LogP contribution < -0.4 is 5.43 Å². The summed E-state index contributed by atoms with van der Waals surface area (Å²) in [5.41, 5.74) is 3.71. The molecule has 0 bridgehead atoms. The lowest BCUT2D eigenvalue weighted by molar-refractivity contribution is -0.0511. The minimum Gasteiger partial charge on any atom is -0.394 e. The third kappa shape index (κ3) is 3.60. The van der Waals surface area contributed by atoms with Crippen LogP contribution in [0.25, 0.3) is 11.2 Å². The lowest BCUT2D eigenvalue weighted by Crippen LogP contribution is -2.33. The lowest BCUT2D eigenvalue weighted by Gasteiger charge is -2.16. The number of rotatable bonds is 7. The molecule has 136 valence electrons. The van der Waals surface area contributed by atoms with Gasteiger partial charge in [0.25, 0.3) is 0 Å². The highest BCUT2D eigenvalue weighted by Gasteiger charge is 2.44. The molecule has 0 radical (unpaired) electrons. The predicted molar refractivity (Wildman–Crippen MR) is 93.4 cm³/mol. The van der Waals surface area contributed by atoms with Gasteiger partial charge in [-0.3, -0.25) is 9.99 Å². The predicted octanol–water partition coefficient (Wildman–Crippen LogP) is -0.411. The van der Waals surface area contributed by atoms with Crippen molar-refractivity contribution < 1.29 is 20.1 Å². The van der Waals surface area contributed by atoms with Crippen molar-refractivity contribution in [2.75, 3.05) is 24.0 Å². The number of aromatic nitrogens is 4. The quantitative estimate of drug-likeness (QED) is 0.292. The Bertz CT molecular complexity index is 741. The number of hydrazone groups is 1. The number of anilines is 1. The molecule has 2 aromatic rings. The minimum atomic E-state index is -1.20. The van der Waals surface area contributed by atoms with Gasteiger partial charge in [0.05, 0.1) is 12.9 Å². The number of aliphatic hydroxyl groups excluding tert-OH is 3. The van der Waals surface area contributed by atoms with E-state index in [-0.39, 0.29) is 0 Å². The molecule has 4 atom stereocenters. The van der Waals surface area contributed by atoms with Crippen molar-refractivity contribution in [2.24, 2.45) is 5.10 Å². The number of nitrogens with zero attached hydrogens (tertiary/aromatic N) is 5. The molecule has 1 fully saturated rings. The number of thioether (sulfide) groups is 1. The van der Waals surface area contributed by atoms with Crippen LogP contribution in [0.15, 0.2) is 17.8 Å². The molecular formula is C14H20N6O4S. The zero-order valence-corrected chi connectivity index (χ0v) is 14.4. The van der Waals surface area contributed by atoms with Crippen LogP contribution in [0.3, 0.4) is 0 Å². The summed E-state index contributed by atoms with van der Waals surface area (Å²) >= 11 is 1.73. The molecule has 0 amide bonds. The Kier molecular flexibility index (Phi) is 5.81. The van der Waals surface area contributed by atoms with Crippen molar-refractivity contribution in [2.45, 2.75) is 31.0 Å². The van der Waals surface area contributed by atoms with E-state index in [0.717, 1.165) is 12.2 Å². The molecule has 11 heteroatoms. The molecule has 0 unspecified atom stereocenters. The molecule has 3 heterocycles. The van der Waals surface area contributed by atoms with E-state index < -0.39 is 31.1 Å². The number of ether oxygens (including phenoxy) is 1. The molecule has 2 aromatic heterocycles. The number of nitrogens with one attached hydrogen (secondary N) is 1. The Balaban J connectivity index is 1.83. The van der Waals surface area contributed by atoms with E-state index in [1.165, 1.54) is 17.2 Å². The Morgan fingerprint density at radius 2 is 2.20 bits per heavy atom. The zero-order chi connectivity index (χ0) is 17.8. The highest BCUT2D eigenvalue weighted by atomic mass is 32.2. The summed E-state index contributed by atoms with van der Waals surface area (Å²) in [4.78, 5) is 12.5. The van der Waals surface area contributed by atoms with Gasteiger partial charge in [-0.15, -0.1) is 0 Å². The standard InChI is InChI=1S/C14H20N6O4S/c1-25-4-2-3-18-19-12-9-13(16-6-15-12)20(7-17-9)14-11(23)10(22)8(5-21)24-14/h3,6-8,10-11,14,21-23H,2,4-5H2,1H3,(H,15,16,19)/b18-3+/t8-,10-,11-,14-/m1/s1. The zero-order valence-electron chi connectivity index (χ0n) is 13.6. The topological polar surface area (TPSA) is 138 Å². The molecule has 1 aliphatic rings. The van der Waals surface area contributed by atoms with E-state index in [9.17, 15) is 15.3 Å². The summed E-state index contributed by atoms with van der Waals surface area (Å²) in [6.45, 7) is -0.395. The van der Waals surface area contributed by atoms with Crippen LogP contribution in [0.4, 0.5) is 5.82 Å². The molecule has 0 saturated carbocycles. The first kappa shape index (κ1) is 18.0. The average Bonchev–Trinajstić information content (AvgIpc) is 3.17. The van der Waals surface area contributed by atoms with Gasteiger partial charge in [-0.25, -0.2) is 15.0 Å². The van der Waals surface area contributed by atoms with Crippen molar-refractivity contribution >= 4 is 35.0 Å². The first-order valence-electron chi connectivity index (χ1n) is 7.73. The number of hydrogen-bond donors (Lipinski definition) is 4. The van der Waals surface area contributed by atoms with Crippen LogP contribution in [0.5, 0.6) is 0 Å². The third-order valence-electron chi connectivity index (χ3n) is 3.86. The van der Waals surface area contributed by atoms with E-state index in [2.05, 4.69) is 25.5 Å². The molecule has 25 heavy (non-hydrogen) atoms. The van der Waals surface area contributed by atoms with Crippen molar-refractivity contribution in [1.29, 1.82) is 0 Å². The van der Waals surface area contributed by atoms with Gasteiger partial charge < -0.3 is 20.1 Å². The molecule has 3 rings (SSSR count). The van der Waals surface area contributed by atoms with Crippen LogP contribution in [0, 0.1) is 0 Å². The number of fused-ring (bicyclic) bond motifs is 1. The Morgan fingerprint density at radius 1 is 1.36 bits per heavy atom. The number of imidazole rings is 1. The normalized spacial score (nSPS) is 26.7. The van der Waals surface area contributed by atoms with Gasteiger partial charge >= 0.3 is 0 Å². The molecule has 0 spiro atoms. The largest absolute Gasteiger partial charge is 0.394 e. The summed E-state index contributed by atoms with van der Waals surface area (Å²) in [6.07, 6.45) is 3.26. The third-order valence-corrected chi connectivity index (χ3v) is 4.51. The summed E-state index contributed by atoms with van der Waals surface area (Å²) in [5, 5.41) is 33.4. The average molecular weight is 368 g/mol. The maximum absolute atomic E-state index is 10.2. The monoisotopic (exact) mass is 368 g/mol. The van der Waals surface area contributed by atoms with Gasteiger partial charge in [-0.05, 0) is 18.4 Å². The SMILES string of the molecule is CSCC/C=N/Nc1ncnc2c1ncn2[C@@H]1O[C@H](CO)[C@@H](O)[C@H]1O. The summed E-state index contributed by atoms with van der Waals surface area (Å²) in [7, 11) is 0. The van der Waals surface area contributed by atoms with Gasteiger partial charge in [-0.2, -0.15) is 16.9 Å². The molecule has 0 aliphatic carbocycles. The summed E-state index contributed by atoms with van der Waals surface area (Å²) in [5.74, 6) is 1.40. The second-order valence-electron chi connectivity index (χ2n) is 5.48. The van der Waals surface area contributed by atoms with Crippen LogP contribution in [0.2, 0.25) is 0 Å². The van der Waals surface area contributed by atoms with E-state index in [1.807, 2.05) is 6.26 Å². The van der Waals surface area contributed by atoms with Gasteiger partial charge in [0.1, 0.15) is 24.6 Å². The second-order valence-corrected chi connectivity index (χ2v) is 6.47. The van der Waals surface area contributed by atoms with Crippen molar-refractivity contribution in [3.8, 4) is 0 Å². The molecule has 1 aliphatic heterocycles. The fraction of sp³-hybridized carbons (Fsp3) is 0.571. The fourth-order valence-electron chi connectivity index (χ4n) is 2.57. The highest BCUT2D eigenvalue weighted by Crippen LogP contribution is 2.31. The summed E-state index contributed by atoms with van der Waals surface area (Å²) < 4.78 is 7.02. The smallest absolute Gasteiger partial charge is 0.177 e. The van der Waals surface area contributed by atoms with Crippen LogP contribution in [0.1, 0.15) is 12.6 Å². The van der Waals surface area contributed by atoms with Gasteiger partial charge in [-0.1, -0.05) is 0 Å². The van der Waals surface area contributed by atoms with Crippen molar-refractivity contribution in [3.63, 3.8) is 0 Å². The van der Waals surface area contributed by atoms with Crippen LogP contribution in [-0.4, -0.2) is 78.0 Å². The maximum atomic E-state index is 10.2. The molecule has 4 N–H and O–H groups in total. The van der Waals surface area contributed by atoms with Crippen LogP contribution in [-0.2, 0) is 4.74 Å². The molecule has 10 nitrogen and oxygen atoms in total. The Hall–Kier alpha value is -1.79. The second kappa shape index (κ2) is 8.06. The number of hydrogen-bond acceptors (Lipinski definition) is 10. The maximum Gasteiger partial charge on any atom is 0.177 e. The number of aliphatic hydroxyl groups is 3. The summed E-state index contributed by atoms with van der Waals surface area (Å²) in [6, 6.07) is 0. The fourth-order valence-corrected chi connectivity index (χ4v) is 2.91. The van der Waals surface area contributed by atoms with Crippen molar-refractivity contribution in [3.05, 3.63) is 12.7 Å². The molecule has 0 aromatic carbocycles. The highest BCUT2D eigenvalue weighted by molar-refractivity contribution is 7.98. The first-order valence-corrected chi connectivity index (χ1v) is 9.13. The van der Waals surface area contributed by atoms with Gasteiger partial charge in [0, 0.05) is 6.21 Å². The molecular weight excluding hydrogens is 348 g/mol. The van der Waals surface area contributed by atoms with E-state index in [1.54, 1.807) is 18.0 Å². The van der Waals surface area contributed by atoms with Crippen molar-refractivity contribution in [1.82, 2.24) is 19.5 Å². The Labute approximate surface area is 148 Å². The Morgan fingerprint density at radius 3 is 2.92 bits per heavy atom. The molecule has 1 saturated heterocycles. The van der Waals surface area contributed by atoms with E-state index >= 15 is 0 Å². The lowest BCUT2D eigenvalue weighted by atomic mass is 10.1. The first-order chi connectivity index (χ1) is 12.2. The minimum absolute atomic E-state index is 0.395. The van der Waals surface area contributed by atoms with Gasteiger partial charge in [0.15, 0.2) is 23.2 Å². The van der Waals surface area contributed by atoms with Gasteiger partial charge in [0.2, 0.25) is 0 Å². The van der Waals surface area contributed by atoms with E-state index in [0.29, 0.717) is 17.0 Å². The van der Waals surface area contributed by atoms with E-state index in [4.69, 9.17) is 4.74 Å². The van der Waals surface area contributed by atoms with Crippen LogP contribution >= 0.6 is 11.8 Å².